The van der Waals surface area contributed by atoms with Crippen molar-refractivity contribution in [1.29, 1.82) is 0 Å². The number of Topliss-reactive ketones (excluding diaryl/α,β-unsaturated/α-hetero) is 1. The number of ether oxygens (including phenoxy) is 1. The molecule has 0 N–H and O–H groups in total. The van der Waals surface area contributed by atoms with Crippen molar-refractivity contribution in [1.82, 2.24) is 0 Å². The summed E-state index contributed by atoms with van der Waals surface area (Å²) in [5.41, 5.74) is 0.995. The number of hydrogen-bond acceptors (Lipinski definition) is 3. The van der Waals surface area contributed by atoms with Gasteiger partial charge in [-0.25, -0.2) is 0 Å². The molecule has 0 radical (unpaired) electrons. The molecular formula is C13H15ClO3. The fourth-order valence-electron chi connectivity index (χ4n) is 1.44. The van der Waals surface area contributed by atoms with Crippen molar-refractivity contribution in [3.05, 3.63) is 34.9 Å². The lowest BCUT2D eigenvalue weighted by Crippen LogP contribution is -2.11. The molecule has 0 saturated heterocycles. The molecule has 0 heterocycles. The molecule has 0 aromatic heterocycles. The molecule has 0 aliphatic rings. The number of hydrogen-bond donors (Lipinski definition) is 0. The van der Waals surface area contributed by atoms with Crippen molar-refractivity contribution in [2.45, 2.75) is 26.2 Å². The molecule has 0 amide bonds. The Hall–Kier alpha value is -1.35. The number of benzene rings is 1. The molecule has 3 nitrogen and oxygen atoms in total. The normalized spacial score (nSPS) is 10.0. The van der Waals surface area contributed by atoms with E-state index in [1.807, 2.05) is 18.2 Å². The van der Waals surface area contributed by atoms with Crippen molar-refractivity contribution in [2.75, 3.05) is 6.61 Å². The maximum Gasteiger partial charge on any atom is 0.313 e. The molecule has 1 aromatic rings. The smallest absolute Gasteiger partial charge is 0.313 e. The number of aryl methyl sites for hydroxylation is 1. The van der Waals surface area contributed by atoms with Crippen LogP contribution in [0.4, 0.5) is 0 Å². The first-order chi connectivity index (χ1) is 8.11. The van der Waals surface area contributed by atoms with E-state index in [0.717, 1.165) is 5.56 Å². The average Bonchev–Trinajstić information content (AvgIpc) is 2.27. The Morgan fingerprint density at radius 2 is 2.12 bits per heavy atom. The van der Waals surface area contributed by atoms with Gasteiger partial charge < -0.3 is 4.74 Å². The number of carbonyl (C=O) groups excluding carboxylic acids is 2. The van der Waals surface area contributed by atoms with Crippen LogP contribution in [-0.4, -0.2) is 18.4 Å². The number of ketones is 1. The first-order valence-corrected chi connectivity index (χ1v) is 5.91. The van der Waals surface area contributed by atoms with Crippen molar-refractivity contribution < 1.29 is 14.3 Å². The first-order valence-electron chi connectivity index (χ1n) is 5.53. The van der Waals surface area contributed by atoms with Crippen LogP contribution in [0.25, 0.3) is 0 Å². The van der Waals surface area contributed by atoms with Gasteiger partial charge in [0.05, 0.1) is 6.61 Å². The Morgan fingerprint density at radius 3 is 2.76 bits per heavy atom. The first kappa shape index (κ1) is 13.7. The lowest BCUT2D eigenvalue weighted by molar-refractivity contribution is -0.145. The van der Waals surface area contributed by atoms with E-state index >= 15 is 0 Å². The quantitative estimate of drug-likeness (QED) is 0.579. The fourth-order valence-corrected chi connectivity index (χ4v) is 1.65. The molecule has 0 spiro atoms. The van der Waals surface area contributed by atoms with Gasteiger partial charge in [0.2, 0.25) is 0 Å². The van der Waals surface area contributed by atoms with E-state index in [2.05, 4.69) is 0 Å². The zero-order valence-corrected chi connectivity index (χ0v) is 10.5. The van der Waals surface area contributed by atoms with Gasteiger partial charge in [-0.15, -0.1) is 0 Å². The molecule has 0 saturated carbocycles. The summed E-state index contributed by atoms with van der Waals surface area (Å²) in [5.74, 6) is -0.563. The molecule has 0 unspecified atom stereocenters. The molecule has 0 atom stereocenters. The van der Waals surface area contributed by atoms with E-state index < -0.39 is 5.97 Å². The molecule has 17 heavy (non-hydrogen) atoms. The number of rotatable bonds is 6. The lowest BCUT2D eigenvalue weighted by atomic mass is 10.1. The second kappa shape index (κ2) is 7.07. The molecular weight excluding hydrogens is 240 g/mol. The standard InChI is InChI=1S/C13H15ClO3/c1-2-17-13(16)9-12(15)7-6-10-4-3-5-11(14)8-10/h3-5,8H,2,6-7,9H2,1H3. The van der Waals surface area contributed by atoms with Crippen molar-refractivity contribution >= 4 is 23.4 Å². The van der Waals surface area contributed by atoms with E-state index in [0.29, 0.717) is 24.5 Å². The van der Waals surface area contributed by atoms with Crippen LogP contribution in [0.5, 0.6) is 0 Å². The second-order valence-electron chi connectivity index (χ2n) is 3.65. The van der Waals surface area contributed by atoms with Crippen LogP contribution in [0.2, 0.25) is 5.02 Å². The summed E-state index contributed by atoms with van der Waals surface area (Å²) in [6, 6.07) is 7.35. The van der Waals surface area contributed by atoms with E-state index in [9.17, 15) is 9.59 Å². The van der Waals surface area contributed by atoms with Gasteiger partial charge in [-0.3, -0.25) is 9.59 Å². The fraction of sp³-hybridized carbons (Fsp3) is 0.385. The van der Waals surface area contributed by atoms with Crippen molar-refractivity contribution in [2.24, 2.45) is 0 Å². The number of esters is 1. The predicted octanol–water partition coefficient (Wildman–Crippen LogP) is 2.79. The predicted molar refractivity (Wildman–Crippen MR) is 66.0 cm³/mol. The monoisotopic (exact) mass is 254 g/mol. The number of carbonyl (C=O) groups is 2. The summed E-state index contributed by atoms with van der Waals surface area (Å²) in [7, 11) is 0. The zero-order chi connectivity index (χ0) is 12.7. The largest absolute Gasteiger partial charge is 0.466 e. The SMILES string of the molecule is CCOC(=O)CC(=O)CCc1cccc(Cl)c1. The van der Waals surface area contributed by atoms with E-state index in [1.165, 1.54) is 0 Å². The molecule has 0 aliphatic carbocycles. The van der Waals surface area contributed by atoms with Crippen molar-refractivity contribution in [3.63, 3.8) is 0 Å². The molecule has 4 heteroatoms. The Morgan fingerprint density at radius 1 is 1.35 bits per heavy atom. The van der Waals surface area contributed by atoms with E-state index in [4.69, 9.17) is 16.3 Å². The van der Waals surface area contributed by atoms with Crippen molar-refractivity contribution in [3.8, 4) is 0 Å². The van der Waals surface area contributed by atoms with Crippen LogP contribution in [0, 0.1) is 0 Å². The van der Waals surface area contributed by atoms with E-state index in [-0.39, 0.29) is 12.2 Å². The molecule has 92 valence electrons. The van der Waals surface area contributed by atoms with Gasteiger partial charge >= 0.3 is 5.97 Å². The topological polar surface area (TPSA) is 43.4 Å². The summed E-state index contributed by atoms with van der Waals surface area (Å²) < 4.78 is 4.70. The summed E-state index contributed by atoms with van der Waals surface area (Å²) in [4.78, 5) is 22.5. The van der Waals surface area contributed by atoms with Gasteiger partial charge in [-0.05, 0) is 31.0 Å². The van der Waals surface area contributed by atoms with Crippen LogP contribution < -0.4 is 0 Å². The minimum atomic E-state index is -0.455. The highest BCUT2D eigenvalue weighted by Gasteiger charge is 2.10. The zero-order valence-electron chi connectivity index (χ0n) is 9.74. The third-order valence-electron chi connectivity index (χ3n) is 2.23. The summed E-state index contributed by atoms with van der Waals surface area (Å²) in [6.07, 6.45) is 0.784. The second-order valence-corrected chi connectivity index (χ2v) is 4.09. The Balaban J connectivity index is 2.35. The van der Waals surface area contributed by atoms with Gasteiger partial charge in [-0.2, -0.15) is 0 Å². The summed E-state index contributed by atoms with van der Waals surface area (Å²) in [6.45, 7) is 2.02. The minimum Gasteiger partial charge on any atom is -0.466 e. The summed E-state index contributed by atoms with van der Waals surface area (Å²) >= 11 is 5.83. The minimum absolute atomic E-state index is 0.108. The summed E-state index contributed by atoms with van der Waals surface area (Å²) in [5, 5.41) is 0.653. The molecule has 0 bridgehead atoms. The molecule has 1 aromatic carbocycles. The number of halogens is 1. The Labute approximate surface area is 106 Å². The average molecular weight is 255 g/mol. The van der Waals surface area contributed by atoms with Crippen LogP contribution in [0.3, 0.4) is 0 Å². The third kappa shape index (κ3) is 5.50. The maximum atomic E-state index is 11.5. The molecule has 1 rings (SSSR count). The highest BCUT2D eigenvalue weighted by Crippen LogP contribution is 2.12. The van der Waals surface area contributed by atoms with Gasteiger partial charge in [0.15, 0.2) is 0 Å². The van der Waals surface area contributed by atoms with Gasteiger partial charge in [0.1, 0.15) is 12.2 Å². The van der Waals surface area contributed by atoms with Gasteiger partial charge in [0, 0.05) is 11.4 Å². The highest BCUT2D eigenvalue weighted by molar-refractivity contribution is 6.30. The Kier molecular flexibility index (Phi) is 5.70. The van der Waals surface area contributed by atoms with Crippen LogP contribution in [0.1, 0.15) is 25.3 Å². The van der Waals surface area contributed by atoms with Gasteiger partial charge in [0.25, 0.3) is 0 Å². The van der Waals surface area contributed by atoms with Gasteiger partial charge in [-0.1, -0.05) is 23.7 Å². The molecule has 0 fully saturated rings. The Bertz CT molecular complexity index is 401. The third-order valence-corrected chi connectivity index (χ3v) is 2.46. The lowest BCUT2D eigenvalue weighted by Gasteiger charge is -2.02. The molecule has 0 aliphatic heterocycles. The van der Waals surface area contributed by atoms with E-state index in [1.54, 1.807) is 13.0 Å². The van der Waals surface area contributed by atoms with Crippen LogP contribution in [0.15, 0.2) is 24.3 Å². The highest BCUT2D eigenvalue weighted by atomic mass is 35.5. The van der Waals surface area contributed by atoms with Crippen LogP contribution >= 0.6 is 11.6 Å². The van der Waals surface area contributed by atoms with Crippen LogP contribution in [-0.2, 0) is 20.7 Å². The maximum absolute atomic E-state index is 11.5.